The summed E-state index contributed by atoms with van der Waals surface area (Å²) in [5.41, 5.74) is 1.42. The Hall–Kier alpha value is -1.47. The SMILES string of the molecule is CC/C(=C/CCc1ccccc1)Sc1ccccc1. The van der Waals surface area contributed by atoms with Crippen LogP contribution in [0.15, 0.2) is 76.5 Å². The van der Waals surface area contributed by atoms with Crippen molar-refractivity contribution in [3.05, 3.63) is 77.2 Å². The predicted octanol–water partition coefficient (Wildman–Crippen LogP) is 5.71. The molecule has 0 spiro atoms. The molecule has 0 aromatic heterocycles. The molecule has 2 rings (SSSR count). The minimum atomic E-state index is 1.11. The van der Waals surface area contributed by atoms with Crippen molar-refractivity contribution in [1.82, 2.24) is 0 Å². The highest BCUT2D eigenvalue weighted by Gasteiger charge is 1.98. The topological polar surface area (TPSA) is 0 Å². The van der Waals surface area contributed by atoms with Crippen LogP contribution in [0.1, 0.15) is 25.3 Å². The molecular formula is C18H20S. The van der Waals surface area contributed by atoms with Crippen LogP contribution in [0.3, 0.4) is 0 Å². The largest absolute Gasteiger partial charge is 0.0949 e. The van der Waals surface area contributed by atoms with Crippen molar-refractivity contribution >= 4 is 11.8 Å². The maximum absolute atomic E-state index is 2.38. The van der Waals surface area contributed by atoms with Crippen LogP contribution in [0.25, 0.3) is 0 Å². The fourth-order valence-corrected chi connectivity index (χ4v) is 2.88. The first-order valence-corrected chi connectivity index (χ1v) is 7.66. The van der Waals surface area contributed by atoms with E-state index < -0.39 is 0 Å². The zero-order valence-electron chi connectivity index (χ0n) is 11.4. The fraction of sp³-hybridized carbons (Fsp3) is 0.222. The molecule has 0 amide bonds. The van der Waals surface area contributed by atoms with E-state index in [-0.39, 0.29) is 0 Å². The molecule has 0 saturated carbocycles. The van der Waals surface area contributed by atoms with Crippen LogP contribution in [-0.2, 0) is 6.42 Å². The summed E-state index contributed by atoms with van der Waals surface area (Å²) in [5.74, 6) is 0. The number of allylic oxidation sites excluding steroid dienone is 2. The molecule has 0 nitrogen and oxygen atoms in total. The Morgan fingerprint density at radius 1 is 0.947 bits per heavy atom. The third-order valence-electron chi connectivity index (χ3n) is 2.99. The predicted molar refractivity (Wildman–Crippen MR) is 85.4 cm³/mol. The Bertz CT molecular complexity index is 500. The van der Waals surface area contributed by atoms with E-state index in [0.29, 0.717) is 0 Å². The zero-order valence-corrected chi connectivity index (χ0v) is 12.2. The molecule has 0 saturated heterocycles. The first kappa shape index (κ1) is 14.0. The Kier molecular flexibility index (Phi) is 5.77. The van der Waals surface area contributed by atoms with Crippen LogP contribution >= 0.6 is 11.8 Å². The van der Waals surface area contributed by atoms with Gasteiger partial charge in [0.2, 0.25) is 0 Å². The lowest BCUT2D eigenvalue weighted by atomic mass is 10.1. The monoisotopic (exact) mass is 268 g/mol. The Morgan fingerprint density at radius 2 is 1.58 bits per heavy atom. The maximum Gasteiger partial charge on any atom is 0.0118 e. The lowest BCUT2D eigenvalue weighted by Gasteiger charge is -2.05. The average Bonchev–Trinajstić information content (AvgIpc) is 2.48. The first-order valence-electron chi connectivity index (χ1n) is 6.84. The van der Waals surface area contributed by atoms with Crippen molar-refractivity contribution in [3.63, 3.8) is 0 Å². The van der Waals surface area contributed by atoms with E-state index in [4.69, 9.17) is 0 Å². The number of aryl methyl sites for hydroxylation is 1. The van der Waals surface area contributed by atoms with Gasteiger partial charge < -0.3 is 0 Å². The summed E-state index contributed by atoms with van der Waals surface area (Å²) >= 11 is 1.88. The highest BCUT2D eigenvalue weighted by atomic mass is 32.2. The van der Waals surface area contributed by atoms with Gasteiger partial charge in [0.25, 0.3) is 0 Å². The molecule has 0 atom stereocenters. The number of hydrogen-bond donors (Lipinski definition) is 0. The molecule has 98 valence electrons. The smallest absolute Gasteiger partial charge is 0.0118 e. The molecule has 0 fully saturated rings. The second-order valence-electron chi connectivity index (χ2n) is 4.46. The van der Waals surface area contributed by atoms with Gasteiger partial charge >= 0.3 is 0 Å². The van der Waals surface area contributed by atoms with E-state index in [1.54, 1.807) is 0 Å². The molecule has 0 radical (unpaired) electrons. The number of thioether (sulfide) groups is 1. The van der Waals surface area contributed by atoms with E-state index in [1.165, 1.54) is 15.4 Å². The molecule has 0 N–H and O–H groups in total. The molecule has 19 heavy (non-hydrogen) atoms. The van der Waals surface area contributed by atoms with Crippen LogP contribution in [-0.4, -0.2) is 0 Å². The van der Waals surface area contributed by atoms with E-state index in [0.717, 1.165) is 19.3 Å². The summed E-state index contributed by atoms with van der Waals surface area (Å²) in [7, 11) is 0. The van der Waals surface area contributed by atoms with Gasteiger partial charge in [0.05, 0.1) is 0 Å². The van der Waals surface area contributed by atoms with E-state index in [9.17, 15) is 0 Å². The summed E-state index contributed by atoms with van der Waals surface area (Å²) in [6, 6.07) is 21.3. The van der Waals surface area contributed by atoms with Gasteiger partial charge in [-0.1, -0.05) is 73.3 Å². The lowest BCUT2D eigenvalue weighted by molar-refractivity contribution is 0.988. The van der Waals surface area contributed by atoms with Gasteiger partial charge in [-0.15, -0.1) is 0 Å². The quantitative estimate of drug-likeness (QED) is 0.605. The molecule has 0 bridgehead atoms. The number of rotatable bonds is 6. The van der Waals surface area contributed by atoms with Crippen molar-refractivity contribution in [3.8, 4) is 0 Å². The molecule has 2 aromatic carbocycles. The highest BCUT2D eigenvalue weighted by Crippen LogP contribution is 2.28. The van der Waals surface area contributed by atoms with E-state index in [2.05, 4.69) is 73.7 Å². The molecule has 0 aliphatic carbocycles. The van der Waals surface area contributed by atoms with Gasteiger partial charge in [0, 0.05) is 4.90 Å². The zero-order chi connectivity index (χ0) is 13.3. The maximum atomic E-state index is 2.38. The molecule has 0 aliphatic rings. The van der Waals surface area contributed by atoms with Crippen molar-refractivity contribution < 1.29 is 0 Å². The van der Waals surface area contributed by atoms with Gasteiger partial charge in [-0.25, -0.2) is 0 Å². The van der Waals surface area contributed by atoms with E-state index >= 15 is 0 Å². The Labute approximate surface area is 120 Å². The van der Waals surface area contributed by atoms with Crippen molar-refractivity contribution in [2.24, 2.45) is 0 Å². The van der Waals surface area contributed by atoms with E-state index in [1.807, 2.05) is 11.8 Å². The van der Waals surface area contributed by atoms with Crippen molar-refractivity contribution in [2.75, 3.05) is 0 Å². The average molecular weight is 268 g/mol. The number of hydrogen-bond acceptors (Lipinski definition) is 1. The third kappa shape index (κ3) is 4.96. The van der Waals surface area contributed by atoms with Crippen LogP contribution in [0.4, 0.5) is 0 Å². The second kappa shape index (κ2) is 7.85. The second-order valence-corrected chi connectivity index (χ2v) is 5.66. The third-order valence-corrected chi connectivity index (χ3v) is 4.21. The van der Waals surface area contributed by atoms with Crippen LogP contribution in [0, 0.1) is 0 Å². The molecule has 1 heteroatoms. The van der Waals surface area contributed by atoms with Crippen molar-refractivity contribution in [2.45, 2.75) is 31.1 Å². The minimum absolute atomic E-state index is 1.11. The molecular weight excluding hydrogens is 248 g/mol. The molecule has 2 aromatic rings. The standard InChI is InChI=1S/C18H20S/c1-2-17(19-18-13-7-4-8-14-18)15-9-12-16-10-5-3-6-11-16/h3-8,10-11,13-15H,2,9,12H2,1H3/b17-15-. The first-order chi connectivity index (χ1) is 9.38. The van der Waals surface area contributed by atoms with Crippen molar-refractivity contribution in [1.29, 1.82) is 0 Å². The summed E-state index contributed by atoms with van der Waals surface area (Å²) < 4.78 is 0. The summed E-state index contributed by atoms with van der Waals surface area (Å²) in [4.78, 5) is 2.79. The number of benzene rings is 2. The molecule has 0 unspecified atom stereocenters. The van der Waals surface area contributed by atoms with Crippen LogP contribution in [0.2, 0.25) is 0 Å². The van der Waals surface area contributed by atoms with Gasteiger partial charge in [0.1, 0.15) is 0 Å². The fourth-order valence-electron chi connectivity index (χ4n) is 1.94. The minimum Gasteiger partial charge on any atom is -0.0949 e. The molecule has 0 heterocycles. The Morgan fingerprint density at radius 3 is 2.21 bits per heavy atom. The normalized spacial score (nSPS) is 11.5. The van der Waals surface area contributed by atoms with Gasteiger partial charge in [-0.05, 0) is 41.9 Å². The summed E-state index contributed by atoms with van der Waals surface area (Å²) in [5, 5.41) is 0. The van der Waals surface area contributed by atoms with Crippen LogP contribution < -0.4 is 0 Å². The highest BCUT2D eigenvalue weighted by molar-refractivity contribution is 8.03. The Balaban J connectivity index is 1.89. The summed E-state index contributed by atoms with van der Waals surface area (Å²) in [6.07, 6.45) is 5.73. The van der Waals surface area contributed by atoms with Gasteiger partial charge in [-0.3, -0.25) is 0 Å². The van der Waals surface area contributed by atoms with Gasteiger partial charge in [0.15, 0.2) is 0 Å². The lowest BCUT2D eigenvalue weighted by Crippen LogP contribution is -1.83. The van der Waals surface area contributed by atoms with Crippen LogP contribution in [0.5, 0.6) is 0 Å². The summed E-state index contributed by atoms with van der Waals surface area (Å²) in [6.45, 7) is 2.23. The molecule has 0 aliphatic heterocycles. The van der Waals surface area contributed by atoms with Gasteiger partial charge in [-0.2, -0.15) is 0 Å².